The summed E-state index contributed by atoms with van der Waals surface area (Å²) >= 11 is 1.43. The van der Waals surface area contributed by atoms with Crippen LogP contribution in [0.25, 0.3) is 10.6 Å². The second kappa shape index (κ2) is 9.88. The van der Waals surface area contributed by atoms with E-state index >= 15 is 0 Å². The Morgan fingerprint density at radius 3 is 2.56 bits per heavy atom. The Labute approximate surface area is 213 Å². The summed E-state index contributed by atoms with van der Waals surface area (Å²) in [4.78, 5) is 44.0. The lowest BCUT2D eigenvalue weighted by atomic mass is 10.1. The summed E-state index contributed by atoms with van der Waals surface area (Å²) in [6.45, 7) is 2.27. The molecule has 0 radical (unpaired) electrons. The van der Waals surface area contributed by atoms with Crippen molar-refractivity contribution >= 4 is 50.7 Å². The van der Waals surface area contributed by atoms with E-state index in [0.29, 0.717) is 23.4 Å². The highest BCUT2D eigenvalue weighted by molar-refractivity contribution is 8.15. The van der Waals surface area contributed by atoms with Gasteiger partial charge < -0.3 is 15.7 Å². The number of aromatic carboxylic acids is 1. The number of anilines is 1. The molecular weight excluding hydrogens is 494 g/mol. The van der Waals surface area contributed by atoms with E-state index < -0.39 is 16.5 Å². The number of benzene rings is 3. The van der Waals surface area contributed by atoms with Crippen molar-refractivity contribution in [3.05, 3.63) is 94.5 Å². The van der Waals surface area contributed by atoms with Gasteiger partial charge in [0.25, 0.3) is 11.8 Å². The maximum absolute atomic E-state index is 12.9. The molecule has 3 aromatic carbocycles. The molecule has 0 aliphatic carbocycles. The number of nitrogens with one attached hydrogen (secondary N) is 2. The van der Waals surface area contributed by atoms with Gasteiger partial charge in [-0.15, -0.1) is 21.8 Å². The molecule has 1 aliphatic heterocycles. The fourth-order valence-electron chi connectivity index (χ4n) is 3.92. The van der Waals surface area contributed by atoms with Crippen LogP contribution in [-0.2, 0) is 6.54 Å². The third kappa shape index (κ3) is 4.58. The molecule has 36 heavy (non-hydrogen) atoms. The maximum atomic E-state index is 12.9. The molecule has 180 valence electrons. The lowest BCUT2D eigenvalue weighted by molar-refractivity contribution is 0.0696. The first-order valence-corrected chi connectivity index (χ1v) is 13.2. The number of fused-ring (bicyclic) bond motifs is 2. The van der Waals surface area contributed by atoms with Gasteiger partial charge in [0, 0.05) is 32.0 Å². The van der Waals surface area contributed by atoms with Gasteiger partial charge in [-0.3, -0.25) is 9.59 Å². The molecule has 0 fully saturated rings. The van der Waals surface area contributed by atoms with Crippen LogP contribution in [0, 0.1) is 0 Å². The number of carboxylic acids is 1. The first-order chi connectivity index (χ1) is 17.4. The van der Waals surface area contributed by atoms with E-state index in [1.807, 2.05) is 37.3 Å². The zero-order valence-electron chi connectivity index (χ0n) is 19.1. The molecule has 0 spiro atoms. The quantitative estimate of drug-likeness (QED) is 0.304. The molecule has 9 heteroatoms. The lowest BCUT2D eigenvalue weighted by Crippen LogP contribution is -2.22. The van der Waals surface area contributed by atoms with E-state index in [9.17, 15) is 14.4 Å². The summed E-state index contributed by atoms with van der Waals surface area (Å²) in [7, 11) is -0.393. The summed E-state index contributed by atoms with van der Waals surface area (Å²) < 4.78 is 0. The monoisotopic (exact) mass is 515 g/mol. The second-order valence-corrected chi connectivity index (χ2v) is 11.1. The number of hydrogen-bond acceptors (Lipinski definition) is 5. The third-order valence-corrected chi connectivity index (χ3v) is 8.86. The van der Waals surface area contributed by atoms with E-state index in [1.165, 1.54) is 23.5 Å². The Morgan fingerprint density at radius 2 is 1.81 bits per heavy atom. The zero-order chi connectivity index (χ0) is 25.2. The number of carbonyl (C=O) groups is 3. The van der Waals surface area contributed by atoms with Crippen molar-refractivity contribution in [1.82, 2.24) is 10.3 Å². The fourth-order valence-corrected chi connectivity index (χ4v) is 6.70. The Hall–Kier alpha value is -4.08. The third-order valence-electron chi connectivity index (χ3n) is 5.69. The average Bonchev–Trinajstić information content (AvgIpc) is 3.33. The minimum Gasteiger partial charge on any atom is -0.478 e. The van der Waals surface area contributed by atoms with Crippen LogP contribution >= 0.6 is 21.8 Å². The molecule has 1 aromatic heterocycles. The van der Waals surface area contributed by atoms with Crippen LogP contribution in [0.1, 0.15) is 42.9 Å². The van der Waals surface area contributed by atoms with Gasteiger partial charge in [0.2, 0.25) is 0 Å². The molecule has 1 atom stereocenters. The van der Waals surface area contributed by atoms with Crippen LogP contribution in [0.5, 0.6) is 0 Å². The van der Waals surface area contributed by atoms with Crippen LogP contribution in [0.4, 0.5) is 5.69 Å². The number of rotatable bonds is 5. The molecule has 5 rings (SSSR count). The van der Waals surface area contributed by atoms with Gasteiger partial charge in [-0.25, -0.2) is 9.78 Å². The molecule has 0 bridgehead atoms. The molecule has 2 amide bonds. The van der Waals surface area contributed by atoms with E-state index in [4.69, 9.17) is 5.11 Å². The highest BCUT2D eigenvalue weighted by Crippen LogP contribution is 2.44. The van der Waals surface area contributed by atoms with Crippen molar-refractivity contribution in [2.24, 2.45) is 0 Å². The minimum absolute atomic E-state index is 0.185. The number of amides is 2. The summed E-state index contributed by atoms with van der Waals surface area (Å²) in [6.07, 6.45) is 1.70. The number of hydrogen-bond donors (Lipinski definition) is 3. The number of carbonyl (C=O) groups excluding carboxylic acids is 2. The Morgan fingerprint density at radius 1 is 1.06 bits per heavy atom. The number of aromatic nitrogens is 1. The topological polar surface area (TPSA) is 108 Å². The predicted octanol–water partition coefficient (Wildman–Crippen LogP) is 5.51. The van der Waals surface area contributed by atoms with Gasteiger partial charge in [0.05, 0.1) is 23.4 Å². The van der Waals surface area contributed by atoms with Crippen molar-refractivity contribution in [3.8, 4) is 10.6 Å². The molecule has 3 N–H and O–H groups in total. The highest BCUT2D eigenvalue weighted by atomic mass is 32.2. The number of nitrogens with zero attached hydrogens (tertiary/aromatic N) is 1. The summed E-state index contributed by atoms with van der Waals surface area (Å²) in [5, 5.41) is 17.8. The van der Waals surface area contributed by atoms with Gasteiger partial charge in [-0.1, -0.05) is 29.6 Å². The van der Waals surface area contributed by atoms with Crippen LogP contribution < -0.4 is 10.6 Å². The molecule has 4 aromatic rings. The predicted molar refractivity (Wildman–Crippen MR) is 142 cm³/mol. The molecule has 7 nitrogen and oxygen atoms in total. The van der Waals surface area contributed by atoms with Crippen LogP contribution in [0.15, 0.2) is 82.7 Å². The normalized spacial score (nSPS) is 14.4. The van der Waals surface area contributed by atoms with Crippen molar-refractivity contribution in [2.75, 3.05) is 5.32 Å². The molecule has 0 saturated carbocycles. The van der Waals surface area contributed by atoms with Crippen molar-refractivity contribution in [1.29, 1.82) is 0 Å². The first-order valence-electron chi connectivity index (χ1n) is 11.1. The number of thiazole rings is 1. The van der Waals surface area contributed by atoms with Gasteiger partial charge >= 0.3 is 5.97 Å². The van der Waals surface area contributed by atoms with Crippen LogP contribution in [0.3, 0.4) is 0 Å². The second-order valence-electron chi connectivity index (χ2n) is 7.93. The first kappa shape index (κ1) is 23.7. The number of carboxylic acid groups (broad SMARTS) is 1. The minimum atomic E-state index is -0.977. The van der Waals surface area contributed by atoms with E-state index in [1.54, 1.807) is 30.5 Å². The summed E-state index contributed by atoms with van der Waals surface area (Å²) in [6, 6.07) is 19.5. The van der Waals surface area contributed by atoms with E-state index in [2.05, 4.69) is 21.0 Å². The van der Waals surface area contributed by atoms with E-state index in [-0.39, 0.29) is 17.4 Å². The van der Waals surface area contributed by atoms with Crippen molar-refractivity contribution < 1.29 is 19.5 Å². The van der Waals surface area contributed by atoms with Gasteiger partial charge in [0.1, 0.15) is 5.01 Å². The largest absolute Gasteiger partial charge is 0.478 e. The van der Waals surface area contributed by atoms with Gasteiger partial charge in [0.15, 0.2) is 0 Å². The lowest BCUT2D eigenvalue weighted by Gasteiger charge is -2.13. The van der Waals surface area contributed by atoms with Crippen molar-refractivity contribution in [2.45, 2.75) is 23.3 Å². The highest BCUT2D eigenvalue weighted by Gasteiger charge is 2.23. The summed E-state index contributed by atoms with van der Waals surface area (Å²) in [5.74, 6) is -1.42. The molecule has 1 unspecified atom stereocenters. The smallest absolute Gasteiger partial charge is 0.335 e. The molecule has 2 heterocycles. The van der Waals surface area contributed by atoms with Gasteiger partial charge in [-0.05, 0) is 49.4 Å². The standard InChI is InChI=1S/C27H21N3O4S2/c1-2-36-22-6-4-3-5-20(22)25(32)30-21-13-18(11-12-23(21)36)24(31)28-14-19-15-29-26(35-19)16-7-9-17(10-8-16)27(33)34/h2-13,15H,14H2,1H3,(H,28,31)(H,30,32)(H,33,34). The summed E-state index contributed by atoms with van der Waals surface area (Å²) in [5.41, 5.74) is 2.75. The van der Waals surface area contributed by atoms with Gasteiger partial charge in [-0.2, -0.15) is 0 Å². The Bertz CT molecular complexity index is 1540. The fraction of sp³-hybridized carbons (Fsp3) is 0.0741. The SMILES string of the molecule is C/C=S1/c2ccc(C(=O)NCc3cnc(-c4ccc(C(=O)O)cc4)s3)cc2NC(=O)c2ccccc21. The van der Waals surface area contributed by atoms with E-state index in [0.717, 1.165) is 25.2 Å². The maximum Gasteiger partial charge on any atom is 0.335 e. The molecule has 1 aliphatic rings. The Kier molecular flexibility index (Phi) is 6.49. The molecule has 0 saturated heterocycles. The van der Waals surface area contributed by atoms with Crippen LogP contribution in [0.2, 0.25) is 0 Å². The van der Waals surface area contributed by atoms with Crippen molar-refractivity contribution in [3.63, 3.8) is 0 Å². The zero-order valence-corrected chi connectivity index (χ0v) is 20.8. The average molecular weight is 516 g/mol. The Balaban J connectivity index is 1.32. The molecular formula is C27H21N3O4S2. The van der Waals surface area contributed by atoms with Crippen LogP contribution in [-0.4, -0.2) is 33.2 Å².